The maximum atomic E-state index is 10.5. The van der Waals surface area contributed by atoms with Gasteiger partial charge in [0.1, 0.15) is 0 Å². The van der Waals surface area contributed by atoms with Crippen molar-refractivity contribution in [2.45, 2.75) is 32.3 Å². The van der Waals surface area contributed by atoms with Gasteiger partial charge in [-0.3, -0.25) is 14.5 Å². The SMILES string of the molecule is CC(O)CCN(C)C.CN1C(=O)CCC1=O. The van der Waals surface area contributed by atoms with E-state index in [1.807, 2.05) is 21.0 Å². The molecule has 0 bridgehead atoms. The van der Waals surface area contributed by atoms with Gasteiger partial charge in [-0.15, -0.1) is 0 Å². The van der Waals surface area contributed by atoms with Crippen LogP contribution in [-0.2, 0) is 9.59 Å². The number of imide groups is 1. The Bertz CT molecular complexity index is 215. The largest absolute Gasteiger partial charge is 0.393 e. The Morgan fingerprint density at radius 2 is 1.75 bits per heavy atom. The first kappa shape index (κ1) is 15.1. The van der Waals surface area contributed by atoms with Gasteiger partial charge in [-0.2, -0.15) is 0 Å². The Hall–Kier alpha value is -0.940. The fourth-order valence-electron chi connectivity index (χ4n) is 1.13. The van der Waals surface area contributed by atoms with E-state index in [0.717, 1.165) is 13.0 Å². The second kappa shape index (κ2) is 7.35. The van der Waals surface area contributed by atoms with Gasteiger partial charge in [0.2, 0.25) is 11.8 Å². The summed E-state index contributed by atoms with van der Waals surface area (Å²) in [5.74, 6) is -0.120. The maximum absolute atomic E-state index is 10.5. The van der Waals surface area contributed by atoms with E-state index in [1.54, 1.807) is 0 Å². The van der Waals surface area contributed by atoms with Crippen molar-refractivity contribution in [3.63, 3.8) is 0 Å². The third-order valence-electron chi connectivity index (χ3n) is 2.30. The zero-order valence-corrected chi connectivity index (χ0v) is 10.6. The van der Waals surface area contributed by atoms with Crippen LogP contribution in [0.25, 0.3) is 0 Å². The van der Waals surface area contributed by atoms with Crippen LogP contribution in [-0.4, -0.2) is 60.5 Å². The first-order valence-corrected chi connectivity index (χ1v) is 5.46. The number of likely N-dealkylation sites (tertiary alicyclic amines) is 1. The Labute approximate surface area is 97.0 Å². The molecule has 1 aliphatic rings. The molecule has 0 aromatic carbocycles. The molecule has 5 nitrogen and oxygen atoms in total. The zero-order chi connectivity index (χ0) is 12.7. The molecule has 2 amide bonds. The van der Waals surface area contributed by atoms with Crippen LogP contribution >= 0.6 is 0 Å². The minimum Gasteiger partial charge on any atom is -0.393 e. The lowest BCUT2D eigenvalue weighted by molar-refractivity contribution is -0.136. The summed E-state index contributed by atoms with van der Waals surface area (Å²) in [6, 6.07) is 0. The number of hydrogen-bond donors (Lipinski definition) is 1. The highest BCUT2D eigenvalue weighted by Crippen LogP contribution is 2.07. The van der Waals surface area contributed by atoms with Gasteiger partial charge >= 0.3 is 0 Å². The number of amides is 2. The van der Waals surface area contributed by atoms with Crippen LogP contribution in [0.3, 0.4) is 0 Å². The van der Waals surface area contributed by atoms with Crippen LogP contribution < -0.4 is 0 Å². The second-order valence-electron chi connectivity index (χ2n) is 4.29. The monoisotopic (exact) mass is 230 g/mol. The summed E-state index contributed by atoms with van der Waals surface area (Å²) in [6.45, 7) is 2.78. The Kier molecular flexibility index (Phi) is 6.92. The molecule has 0 radical (unpaired) electrons. The number of carbonyl (C=O) groups is 2. The number of nitrogens with zero attached hydrogens (tertiary/aromatic N) is 2. The molecule has 94 valence electrons. The van der Waals surface area contributed by atoms with Gasteiger partial charge in [-0.1, -0.05) is 0 Å². The van der Waals surface area contributed by atoms with Gasteiger partial charge in [0.25, 0.3) is 0 Å². The standard InChI is InChI=1S/C6H15NO.C5H7NO2/c1-6(8)4-5-7(2)3;1-6-4(7)2-3-5(6)8/h6,8H,4-5H2,1-3H3;2-3H2,1H3. The van der Waals surface area contributed by atoms with E-state index in [0.29, 0.717) is 12.8 Å². The normalized spacial score (nSPS) is 17.5. The van der Waals surface area contributed by atoms with Crippen molar-refractivity contribution in [3.8, 4) is 0 Å². The van der Waals surface area contributed by atoms with Crippen LogP contribution in [0, 0.1) is 0 Å². The molecule has 16 heavy (non-hydrogen) atoms. The van der Waals surface area contributed by atoms with Crippen LogP contribution in [0.5, 0.6) is 0 Å². The van der Waals surface area contributed by atoms with Crippen molar-refractivity contribution in [1.82, 2.24) is 9.80 Å². The van der Waals surface area contributed by atoms with Gasteiger partial charge < -0.3 is 10.0 Å². The van der Waals surface area contributed by atoms with Gasteiger partial charge in [0.05, 0.1) is 6.10 Å². The van der Waals surface area contributed by atoms with Crippen LogP contribution in [0.2, 0.25) is 0 Å². The Balaban J connectivity index is 0.000000281. The highest BCUT2D eigenvalue weighted by Gasteiger charge is 2.24. The fourth-order valence-corrected chi connectivity index (χ4v) is 1.13. The molecule has 1 N–H and O–H groups in total. The molecule has 1 fully saturated rings. The fraction of sp³-hybridized carbons (Fsp3) is 0.818. The molecule has 1 rings (SSSR count). The molecule has 5 heteroatoms. The number of carbonyl (C=O) groups excluding carboxylic acids is 2. The first-order chi connectivity index (χ1) is 7.34. The molecule has 0 aromatic heterocycles. The second-order valence-corrected chi connectivity index (χ2v) is 4.29. The molecule has 0 aromatic rings. The highest BCUT2D eigenvalue weighted by molar-refractivity contribution is 6.01. The predicted molar refractivity (Wildman–Crippen MR) is 61.9 cm³/mol. The van der Waals surface area contributed by atoms with Crippen LogP contribution in [0.4, 0.5) is 0 Å². The van der Waals surface area contributed by atoms with Crippen LogP contribution in [0.1, 0.15) is 26.2 Å². The van der Waals surface area contributed by atoms with E-state index >= 15 is 0 Å². The maximum Gasteiger partial charge on any atom is 0.229 e. The average molecular weight is 230 g/mol. The summed E-state index contributed by atoms with van der Waals surface area (Å²) in [5, 5.41) is 8.77. The smallest absolute Gasteiger partial charge is 0.229 e. The number of rotatable bonds is 3. The summed E-state index contributed by atoms with van der Waals surface area (Å²) < 4.78 is 0. The number of hydrogen-bond acceptors (Lipinski definition) is 4. The van der Waals surface area contributed by atoms with Crippen molar-refractivity contribution in [3.05, 3.63) is 0 Å². The summed E-state index contributed by atoms with van der Waals surface area (Å²) >= 11 is 0. The van der Waals surface area contributed by atoms with E-state index < -0.39 is 0 Å². The van der Waals surface area contributed by atoms with Gasteiger partial charge in [-0.05, 0) is 34.0 Å². The zero-order valence-electron chi connectivity index (χ0n) is 10.6. The molecule has 1 saturated heterocycles. The molecular formula is C11H22N2O3. The van der Waals surface area contributed by atoms with Gasteiger partial charge in [0, 0.05) is 19.9 Å². The average Bonchev–Trinajstić information content (AvgIpc) is 2.47. The van der Waals surface area contributed by atoms with Gasteiger partial charge in [-0.25, -0.2) is 0 Å². The lowest BCUT2D eigenvalue weighted by Gasteiger charge is -2.09. The summed E-state index contributed by atoms with van der Waals surface area (Å²) in [5.41, 5.74) is 0. The van der Waals surface area contributed by atoms with E-state index in [4.69, 9.17) is 5.11 Å². The summed E-state index contributed by atoms with van der Waals surface area (Å²) in [6.07, 6.45) is 1.51. The van der Waals surface area contributed by atoms with Crippen molar-refractivity contribution in [1.29, 1.82) is 0 Å². The Morgan fingerprint density at radius 3 is 1.88 bits per heavy atom. The topological polar surface area (TPSA) is 60.9 Å². The van der Waals surface area contributed by atoms with Crippen molar-refractivity contribution in [2.75, 3.05) is 27.7 Å². The predicted octanol–water partition coefficient (Wildman–Crippen LogP) is 0.0841. The van der Waals surface area contributed by atoms with E-state index in [-0.39, 0.29) is 17.9 Å². The van der Waals surface area contributed by atoms with E-state index in [1.165, 1.54) is 11.9 Å². The van der Waals surface area contributed by atoms with Gasteiger partial charge in [0.15, 0.2) is 0 Å². The molecule has 1 aliphatic heterocycles. The van der Waals surface area contributed by atoms with Crippen LogP contribution in [0.15, 0.2) is 0 Å². The quantitative estimate of drug-likeness (QED) is 0.698. The minimum absolute atomic E-state index is 0.0602. The van der Waals surface area contributed by atoms with Crippen molar-refractivity contribution in [2.24, 2.45) is 0 Å². The third kappa shape index (κ3) is 6.53. The van der Waals surface area contributed by atoms with Crippen molar-refractivity contribution < 1.29 is 14.7 Å². The molecule has 1 atom stereocenters. The van der Waals surface area contributed by atoms with Crippen molar-refractivity contribution >= 4 is 11.8 Å². The summed E-state index contributed by atoms with van der Waals surface area (Å²) in [4.78, 5) is 24.2. The van der Waals surface area contributed by atoms with E-state index in [2.05, 4.69) is 4.90 Å². The minimum atomic E-state index is -0.155. The lowest BCUT2D eigenvalue weighted by Crippen LogP contribution is -2.23. The van der Waals surface area contributed by atoms with E-state index in [9.17, 15) is 9.59 Å². The third-order valence-corrected chi connectivity index (χ3v) is 2.30. The Morgan fingerprint density at radius 1 is 1.31 bits per heavy atom. The number of aliphatic hydroxyl groups excluding tert-OH is 1. The lowest BCUT2D eigenvalue weighted by atomic mass is 10.3. The molecule has 1 unspecified atom stereocenters. The number of aliphatic hydroxyl groups is 1. The highest BCUT2D eigenvalue weighted by atomic mass is 16.3. The summed E-state index contributed by atoms with van der Waals surface area (Å²) in [7, 11) is 5.52. The molecule has 0 saturated carbocycles. The molecule has 0 spiro atoms. The first-order valence-electron chi connectivity index (χ1n) is 5.46. The molecule has 0 aliphatic carbocycles. The molecular weight excluding hydrogens is 208 g/mol. The molecule has 1 heterocycles.